The number of rotatable bonds is 14. The van der Waals surface area contributed by atoms with Gasteiger partial charge < -0.3 is 24.5 Å². The van der Waals surface area contributed by atoms with Gasteiger partial charge in [0.2, 0.25) is 0 Å². The van der Waals surface area contributed by atoms with E-state index in [-0.39, 0.29) is 6.61 Å². The molecule has 0 aliphatic heterocycles. The zero-order valence-electron chi connectivity index (χ0n) is 11.4. The molecule has 0 aromatic heterocycles. The third-order valence-electron chi connectivity index (χ3n) is 2.44. The zero-order valence-corrected chi connectivity index (χ0v) is 11.4. The van der Waals surface area contributed by atoms with Gasteiger partial charge in [-0.3, -0.25) is 4.90 Å². The molecule has 0 bridgehead atoms. The van der Waals surface area contributed by atoms with Gasteiger partial charge in [0, 0.05) is 32.7 Å². The Labute approximate surface area is 114 Å². The van der Waals surface area contributed by atoms with E-state index < -0.39 is 0 Å². The lowest BCUT2D eigenvalue weighted by molar-refractivity contribution is -0.108. The fourth-order valence-corrected chi connectivity index (χ4v) is 1.44. The van der Waals surface area contributed by atoms with Gasteiger partial charge in [0.25, 0.3) is 0 Å². The normalized spacial score (nSPS) is 11.5. The van der Waals surface area contributed by atoms with Gasteiger partial charge in [-0.15, -0.1) is 0 Å². The molecule has 0 aliphatic rings. The number of aliphatic hydroxyl groups is 2. The summed E-state index contributed by atoms with van der Waals surface area (Å²) in [6.45, 7) is 4.41. The van der Waals surface area contributed by atoms with Crippen molar-refractivity contribution in [3.8, 4) is 0 Å². The van der Waals surface area contributed by atoms with E-state index in [9.17, 15) is 4.79 Å². The van der Waals surface area contributed by atoms with Crippen LogP contribution in [-0.4, -0.2) is 74.1 Å². The van der Waals surface area contributed by atoms with Crippen molar-refractivity contribution < 1.29 is 24.5 Å². The van der Waals surface area contributed by atoms with Gasteiger partial charge in [-0.25, -0.2) is 0 Å². The smallest absolute Gasteiger partial charge is 0.122 e. The van der Waals surface area contributed by atoms with Crippen LogP contribution in [0, 0.1) is 0 Å². The summed E-state index contributed by atoms with van der Waals surface area (Å²) in [5.41, 5.74) is 0. The minimum atomic E-state index is 0.163. The third-order valence-corrected chi connectivity index (χ3v) is 2.44. The van der Waals surface area contributed by atoms with E-state index in [1.54, 1.807) is 0 Å². The van der Waals surface area contributed by atoms with Crippen LogP contribution in [0.15, 0.2) is 12.3 Å². The molecular formula is C13H25NO5. The first-order valence-electron chi connectivity index (χ1n) is 6.56. The standard InChI is InChI=1S/C13H25NO5/c15-7-1-4-14(5-12-18-10-2-8-16)6-13-19-11-3-9-17/h2,8-9,15-16H,1,3-7,10-13H2/b8-2+. The lowest BCUT2D eigenvalue weighted by Gasteiger charge is -2.21. The van der Waals surface area contributed by atoms with Crippen molar-refractivity contribution in [2.75, 3.05) is 52.7 Å². The molecule has 0 atom stereocenters. The highest BCUT2D eigenvalue weighted by Gasteiger charge is 2.04. The molecular weight excluding hydrogens is 250 g/mol. The van der Waals surface area contributed by atoms with Crippen LogP contribution in [0.5, 0.6) is 0 Å². The van der Waals surface area contributed by atoms with E-state index in [0.29, 0.717) is 39.3 Å². The number of ether oxygens (including phenoxy) is 2. The van der Waals surface area contributed by atoms with E-state index in [2.05, 4.69) is 4.90 Å². The highest BCUT2D eigenvalue weighted by molar-refractivity contribution is 5.49. The van der Waals surface area contributed by atoms with Crippen LogP contribution < -0.4 is 0 Å². The molecule has 19 heavy (non-hydrogen) atoms. The maximum absolute atomic E-state index is 10.1. The molecule has 0 amide bonds. The molecule has 0 aliphatic carbocycles. The van der Waals surface area contributed by atoms with E-state index >= 15 is 0 Å². The van der Waals surface area contributed by atoms with Crippen LogP contribution >= 0.6 is 0 Å². The quantitative estimate of drug-likeness (QED) is 0.271. The number of aliphatic hydroxyl groups excluding tert-OH is 2. The molecule has 6 heteroatoms. The minimum Gasteiger partial charge on any atom is -0.516 e. The van der Waals surface area contributed by atoms with E-state index in [4.69, 9.17) is 19.7 Å². The minimum absolute atomic E-state index is 0.163. The second-order valence-corrected chi connectivity index (χ2v) is 3.95. The Balaban J connectivity index is 3.65. The maximum atomic E-state index is 10.1. The second kappa shape index (κ2) is 15.1. The maximum Gasteiger partial charge on any atom is 0.122 e. The fraction of sp³-hybridized carbons (Fsp3) is 0.769. The van der Waals surface area contributed by atoms with Crippen molar-refractivity contribution in [3.05, 3.63) is 12.3 Å². The molecule has 0 aromatic carbocycles. The average molecular weight is 275 g/mol. The van der Waals surface area contributed by atoms with Crippen molar-refractivity contribution in [2.45, 2.75) is 12.8 Å². The van der Waals surface area contributed by atoms with Crippen molar-refractivity contribution >= 4 is 6.29 Å². The van der Waals surface area contributed by atoms with E-state index in [0.717, 1.165) is 32.2 Å². The molecule has 2 N–H and O–H groups in total. The van der Waals surface area contributed by atoms with Crippen molar-refractivity contribution in [2.24, 2.45) is 0 Å². The first kappa shape index (κ1) is 18.0. The number of aldehydes is 1. The van der Waals surface area contributed by atoms with Gasteiger partial charge in [-0.1, -0.05) is 0 Å². The Morgan fingerprint density at radius 2 is 1.79 bits per heavy atom. The Bertz CT molecular complexity index is 223. The largest absolute Gasteiger partial charge is 0.516 e. The lowest BCUT2D eigenvalue weighted by Crippen LogP contribution is -2.32. The van der Waals surface area contributed by atoms with Gasteiger partial charge in [0.05, 0.1) is 32.7 Å². The molecule has 6 nitrogen and oxygen atoms in total. The highest BCUT2D eigenvalue weighted by Crippen LogP contribution is 1.93. The zero-order chi connectivity index (χ0) is 14.2. The fourth-order valence-electron chi connectivity index (χ4n) is 1.44. The van der Waals surface area contributed by atoms with Crippen LogP contribution in [0.3, 0.4) is 0 Å². The van der Waals surface area contributed by atoms with Gasteiger partial charge in [-0.2, -0.15) is 0 Å². The summed E-state index contributed by atoms with van der Waals surface area (Å²) in [6.07, 6.45) is 4.47. The van der Waals surface area contributed by atoms with Crippen molar-refractivity contribution in [1.82, 2.24) is 4.90 Å². The van der Waals surface area contributed by atoms with Gasteiger partial charge >= 0.3 is 0 Å². The molecule has 112 valence electrons. The summed E-state index contributed by atoms with van der Waals surface area (Å²) in [4.78, 5) is 12.3. The number of hydrogen-bond acceptors (Lipinski definition) is 6. The summed E-state index contributed by atoms with van der Waals surface area (Å²) in [5.74, 6) is 0. The SMILES string of the molecule is O=CCCOCCN(CCCO)CCOC/C=C/O. The topological polar surface area (TPSA) is 79.2 Å². The molecule has 0 rings (SSSR count). The summed E-state index contributed by atoms with van der Waals surface area (Å²) in [7, 11) is 0. The highest BCUT2D eigenvalue weighted by atomic mass is 16.5. The third kappa shape index (κ3) is 13.3. The Hall–Kier alpha value is -0.950. The molecule has 0 fully saturated rings. The van der Waals surface area contributed by atoms with Gasteiger partial charge in [0.15, 0.2) is 0 Å². The number of hydrogen-bond donors (Lipinski definition) is 2. The van der Waals surface area contributed by atoms with Crippen LogP contribution in [0.1, 0.15) is 12.8 Å². The molecule has 0 aromatic rings. The Morgan fingerprint density at radius 3 is 2.42 bits per heavy atom. The Morgan fingerprint density at radius 1 is 1.05 bits per heavy atom. The predicted molar refractivity (Wildman–Crippen MR) is 72.2 cm³/mol. The first-order chi connectivity index (χ1) is 9.35. The van der Waals surface area contributed by atoms with Gasteiger partial charge in [-0.05, 0) is 12.5 Å². The van der Waals surface area contributed by atoms with Crippen molar-refractivity contribution in [1.29, 1.82) is 0 Å². The van der Waals surface area contributed by atoms with Crippen LogP contribution in [0.2, 0.25) is 0 Å². The molecule has 0 saturated heterocycles. The number of nitrogens with zero attached hydrogens (tertiary/aromatic N) is 1. The summed E-state index contributed by atoms with van der Waals surface area (Å²) in [5, 5.41) is 17.3. The monoisotopic (exact) mass is 275 g/mol. The summed E-state index contributed by atoms with van der Waals surface area (Å²) < 4.78 is 10.6. The van der Waals surface area contributed by atoms with Crippen LogP contribution in [0.4, 0.5) is 0 Å². The number of carbonyl (C=O) groups excluding carboxylic acids is 1. The average Bonchev–Trinajstić information content (AvgIpc) is 2.43. The summed E-state index contributed by atoms with van der Waals surface area (Å²) >= 11 is 0. The Kier molecular flexibility index (Phi) is 14.4. The van der Waals surface area contributed by atoms with E-state index in [1.807, 2.05) is 0 Å². The molecule has 0 heterocycles. The van der Waals surface area contributed by atoms with E-state index in [1.165, 1.54) is 6.08 Å². The summed E-state index contributed by atoms with van der Waals surface area (Å²) in [6, 6.07) is 0. The number of carbonyl (C=O) groups is 1. The second-order valence-electron chi connectivity index (χ2n) is 3.95. The predicted octanol–water partition coefficient (Wildman–Crippen LogP) is 0.365. The molecule has 0 unspecified atom stereocenters. The first-order valence-corrected chi connectivity index (χ1v) is 6.56. The molecule has 0 spiro atoms. The molecule has 0 saturated carbocycles. The van der Waals surface area contributed by atoms with Crippen LogP contribution in [0.25, 0.3) is 0 Å². The van der Waals surface area contributed by atoms with Gasteiger partial charge in [0.1, 0.15) is 6.29 Å². The molecule has 0 radical (unpaired) electrons. The van der Waals surface area contributed by atoms with Crippen molar-refractivity contribution in [3.63, 3.8) is 0 Å². The van der Waals surface area contributed by atoms with Crippen LogP contribution in [-0.2, 0) is 14.3 Å². The lowest BCUT2D eigenvalue weighted by atomic mass is 10.4.